The van der Waals surface area contributed by atoms with Crippen LogP contribution in [0.2, 0.25) is 0 Å². The zero-order valence-electron chi connectivity index (χ0n) is 19.2. The molecule has 0 unspecified atom stereocenters. The molecule has 35 heavy (non-hydrogen) atoms. The van der Waals surface area contributed by atoms with Crippen molar-refractivity contribution in [3.8, 4) is 17.2 Å². The maximum absolute atomic E-state index is 12.8. The highest BCUT2D eigenvalue weighted by atomic mass is 32.2. The highest BCUT2D eigenvalue weighted by molar-refractivity contribution is 8.18. The third-order valence-corrected chi connectivity index (χ3v) is 6.08. The third kappa shape index (κ3) is 5.91. The normalized spacial score (nSPS) is 14.3. The molecule has 3 aromatic rings. The predicted molar refractivity (Wildman–Crippen MR) is 134 cm³/mol. The lowest BCUT2D eigenvalue weighted by molar-refractivity contribution is -0.123. The number of benzene rings is 3. The van der Waals surface area contributed by atoms with Crippen LogP contribution in [0.5, 0.6) is 17.2 Å². The van der Waals surface area contributed by atoms with Gasteiger partial charge in [-0.25, -0.2) is 4.79 Å². The number of ether oxygens (including phenoxy) is 3. The van der Waals surface area contributed by atoms with Gasteiger partial charge in [-0.15, -0.1) is 0 Å². The van der Waals surface area contributed by atoms with Gasteiger partial charge < -0.3 is 14.2 Å². The van der Waals surface area contributed by atoms with Crippen molar-refractivity contribution in [1.29, 1.82) is 0 Å². The van der Waals surface area contributed by atoms with E-state index in [0.717, 1.165) is 22.2 Å². The number of carbonyl (C=O) groups excluding carboxylic acids is 3. The van der Waals surface area contributed by atoms with Crippen LogP contribution in [0.25, 0.3) is 6.08 Å². The number of rotatable bonds is 8. The van der Waals surface area contributed by atoms with E-state index in [0.29, 0.717) is 22.6 Å². The molecule has 0 aromatic heterocycles. The van der Waals surface area contributed by atoms with Crippen molar-refractivity contribution in [3.63, 3.8) is 0 Å². The molecule has 0 spiro atoms. The van der Waals surface area contributed by atoms with Crippen molar-refractivity contribution in [2.24, 2.45) is 0 Å². The van der Waals surface area contributed by atoms with E-state index in [-0.39, 0.29) is 29.0 Å². The van der Waals surface area contributed by atoms with E-state index in [4.69, 9.17) is 14.2 Å². The van der Waals surface area contributed by atoms with Crippen LogP contribution >= 0.6 is 11.8 Å². The summed E-state index contributed by atoms with van der Waals surface area (Å²) >= 11 is 0.855. The van der Waals surface area contributed by atoms with E-state index < -0.39 is 11.9 Å². The number of methoxy groups -OCH3 is 1. The van der Waals surface area contributed by atoms with Crippen molar-refractivity contribution < 1.29 is 28.6 Å². The molecule has 0 atom stereocenters. The first-order valence-corrected chi connectivity index (χ1v) is 11.7. The summed E-state index contributed by atoms with van der Waals surface area (Å²) in [7, 11) is 1.47. The Hall–Kier alpha value is -4.04. The average Bonchev–Trinajstić information content (AvgIpc) is 3.12. The van der Waals surface area contributed by atoms with Crippen molar-refractivity contribution in [2.75, 3.05) is 20.3 Å². The first kappa shape index (κ1) is 24.1. The second-order valence-electron chi connectivity index (χ2n) is 7.66. The lowest BCUT2D eigenvalue weighted by Crippen LogP contribution is -2.32. The molecule has 1 fully saturated rings. The first-order chi connectivity index (χ1) is 16.9. The zero-order valence-corrected chi connectivity index (χ0v) is 20.0. The molecule has 1 saturated heterocycles. The highest BCUT2D eigenvalue weighted by Crippen LogP contribution is 2.34. The van der Waals surface area contributed by atoms with Crippen molar-refractivity contribution >= 4 is 35.0 Å². The smallest absolute Gasteiger partial charge is 0.343 e. The van der Waals surface area contributed by atoms with Crippen LogP contribution in [0, 0.1) is 6.92 Å². The molecule has 0 radical (unpaired) electrons. The summed E-state index contributed by atoms with van der Waals surface area (Å²) in [6.07, 6.45) is 1.59. The van der Waals surface area contributed by atoms with E-state index in [9.17, 15) is 14.4 Å². The summed E-state index contributed by atoms with van der Waals surface area (Å²) < 4.78 is 16.5. The van der Waals surface area contributed by atoms with Crippen LogP contribution in [0.4, 0.5) is 4.79 Å². The molecule has 0 N–H and O–H groups in total. The van der Waals surface area contributed by atoms with Gasteiger partial charge in [0.05, 0.1) is 24.1 Å². The van der Waals surface area contributed by atoms with Crippen molar-refractivity contribution in [2.45, 2.75) is 6.92 Å². The Kier molecular flexibility index (Phi) is 7.52. The first-order valence-electron chi connectivity index (χ1n) is 10.8. The fraction of sp³-hybridized carbons (Fsp3) is 0.148. The number of imide groups is 1. The summed E-state index contributed by atoms with van der Waals surface area (Å²) in [5.41, 5.74) is 2.02. The Morgan fingerprint density at radius 1 is 0.971 bits per heavy atom. The number of carbonyl (C=O) groups is 3. The Morgan fingerprint density at radius 2 is 1.71 bits per heavy atom. The molecule has 4 rings (SSSR count). The minimum absolute atomic E-state index is 0.138. The molecule has 2 amide bonds. The van der Waals surface area contributed by atoms with Gasteiger partial charge in [0.1, 0.15) is 12.4 Å². The van der Waals surface area contributed by atoms with Crippen LogP contribution in [0.3, 0.4) is 0 Å². The number of hydrogen-bond donors (Lipinski definition) is 0. The summed E-state index contributed by atoms with van der Waals surface area (Å²) in [6.45, 7) is 2.26. The lowest BCUT2D eigenvalue weighted by atomic mass is 10.1. The second kappa shape index (κ2) is 10.9. The Morgan fingerprint density at radius 3 is 2.43 bits per heavy atom. The summed E-state index contributed by atoms with van der Waals surface area (Å²) in [5, 5.41) is -0.363. The van der Waals surface area contributed by atoms with E-state index in [2.05, 4.69) is 0 Å². The Bertz CT molecular complexity index is 1270. The molecular weight excluding hydrogens is 466 g/mol. The topological polar surface area (TPSA) is 82.1 Å². The van der Waals surface area contributed by atoms with Crippen LogP contribution in [0.1, 0.15) is 21.5 Å². The molecule has 0 aliphatic carbocycles. The van der Waals surface area contributed by atoms with Gasteiger partial charge in [-0.2, -0.15) is 0 Å². The average molecular weight is 490 g/mol. The van der Waals surface area contributed by atoms with Gasteiger partial charge >= 0.3 is 5.97 Å². The predicted octanol–water partition coefficient (Wildman–Crippen LogP) is 5.34. The van der Waals surface area contributed by atoms with Gasteiger partial charge in [0, 0.05) is 0 Å². The van der Waals surface area contributed by atoms with Gasteiger partial charge in [-0.3, -0.25) is 14.5 Å². The number of amides is 2. The maximum atomic E-state index is 12.8. The SMILES string of the molecule is COc1ccc(/C=C2\SC(=O)N(CCOc3ccccc3)C2=O)cc1OC(=O)c1ccc(C)cc1. The zero-order chi connectivity index (χ0) is 24.8. The number of esters is 1. The Balaban J connectivity index is 1.46. The maximum Gasteiger partial charge on any atom is 0.343 e. The van der Waals surface area contributed by atoms with Gasteiger partial charge in [0.15, 0.2) is 11.5 Å². The molecule has 8 heteroatoms. The quantitative estimate of drug-likeness (QED) is 0.240. The Labute approximate surface area is 207 Å². The number of hydrogen-bond acceptors (Lipinski definition) is 7. The van der Waals surface area contributed by atoms with Crippen LogP contribution in [-0.2, 0) is 4.79 Å². The second-order valence-corrected chi connectivity index (χ2v) is 8.65. The minimum atomic E-state index is -0.529. The van der Waals surface area contributed by atoms with E-state index in [1.807, 2.05) is 37.3 Å². The fourth-order valence-corrected chi connectivity index (χ4v) is 4.19. The van der Waals surface area contributed by atoms with Crippen LogP contribution in [-0.4, -0.2) is 42.3 Å². The van der Waals surface area contributed by atoms with E-state index in [1.165, 1.54) is 7.11 Å². The van der Waals surface area contributed by atoms with Crippen LogP contribution in [0.15, 0.2) is 77.7 Å². The molecule has 7 nitrogen and oxygen atoms in total. The fourth-order valence-electron chi connectivity index (χ4n) is 3.33. The lowest BCUT2D eigenvalue weighted by Gasteiger charge is -2.13. The largest absolute Gasteiger partial charge is 0.493 e. The molecule has 1 heterocycles. The summed E-state index contributed by atoms with van der Waals surface area (Å²) in [6, 6.07) is 21.2. The third-order valence-electron chi connectivity index (χ3n) is 5.18. The number of aryl methyl sites for hydroxylation is 1. The molecule has 1 aliphatic rings. The van der Waals surface area contributed by atoms with Gasteiger partial charge in [0.2, 0.25) is 0 Å². The van der Waals surface area contributed by atoms with Gasteiger partial charge in [-0.05, 0) is 66.7 Å². The van der Waals surface area contributed by atoms with Crippen molar-refractivity contribution in [1.82, 2.24) is 4.90 Å². The highest BCUT2D eigenvalue weighted by Gasteiger charge is 2.34. The minimum Gasteiger partial charge on any atom is -0.493 e. The molecule has 3 aromatic carbocycles. The van der Waals surface area contributed by atoms with Crippen LogP contribution < -0.4 is 14.2 Å². The monoisotopic (exact) mass is 489 g/mol. The standard InChI is InChI=1S/C27H23NO6S/c1-18-8-11-20(12-9-18)26(30)34-23-16-19(10-13-22(23)32-2)17-24-25(29)28(27(31)35-24)14-15-33-21-6-4-3-5-7-21/h3-13,16-17H,14-15H2,1-2H3/b24-17-. The van der Waals surface area contributed by atoms with E-state index in [1.54, 1.807) is 48.5 Å². The van der Waals surface area contributed by atoms with Gasteiger partial charge in [-0.1, -0.05) is 42.0 Å². The molecule has 178 valence electrons. The summed E-state index contributed by atoms with van der Waals surface area (Å²) in [5.74, 6) is 0.321. The summed E-state index contributed by atoms with van der Waals surface area (Å²) in [4.78, 5) is 39.2. The van der Waals surface area contributed by atoms with Gasteiger partial charge in [0.25, 0.3) is 11.1 Å². The van der Waals surface area contributed by atoms with E-state index >= 15 is 0 Å². The number of nitrogens with zero attached hydrogens (tertiary/aromatic N) is 1. The molecule has 0 bridgehead atoms. The number of para-hydroxylation sites is 1. The van der Waals surface area contributed by atoms with Crippen molar-refractivity contribution in [3.05, 3.63) is 94.4 Å². The molecule has 1 aliphatic heterocycles. The molecule has 0 saturated carbocycles. The molecular formula is C27H23NO6S. The number of thioether (sulfide) groups is 1.